The summed E-state index contributed by atoms with van der Waals surface area (Å²) in [5, 5.41) is 16.6. The topological polar surface area (TPSA) is 118 Å². The van der Waals surface area contributed by atoms with E-state index in [0.717, 1.165) is 30.2 Å². The number of hydrogen-bond acceptors (Lipinski definition) is 9. The molecule has 2 heterocycles. The molecule has 1 aliphatic heterocycles. The molecule has 41 heavy (non-hydrogen) atoms. The molecule has 0 spiro atoms. The Morgan fingerprint density at radius 3 is 2.54 bits per heavy atom. The fourth-order valence-corrected chi connectivity index (χ4v) is 4.82. The zero-order valence-electron chi connectivity index (χ0n) is 23.2. The van der Waals surface area contributed by atoms with Crippen LogP contribution in [0.1, 0.15) is 18.4 Å². The van der Waals surface area contributed by atoms with Gasteiger partial charge in [0.1, 0.15) is 12.1 Å². The third-order valence-electron chi connectivity index (χ3n) is 6.99. The molecule has 3 aromatic rings. The van der Waals surface area contributed by atoms with Crippen molar-refractivity contribution in [1.82, 2.24) is 14.9 Å². The maximum Gasteiger partial charge on any atom is 0.387 e. The van der Waals surface area contributed by atoms with E-state index in [0.29, 0.717) is 47.6 Å². The number of aromatic nitrogens is 2. The molecule has 0 aliphatic carbocycles. The van der Waals surface area contributed by atoms with E-state index in [-0.39, 0.29) is 11.4 Å². The quantitative estimate of drug-likeness (QED) is 0.186. The van der Waals surface area contributed by atoms with E-state index >= 15 is 0 Å². The third kappa shape index (κ3) is 7.14. The van der Waals surface area contributed by atoms with Crippen molar-refractivity contribution >= 4 is 40.7 Å². The number of benzene rings is 2. The maximum atomic E-state index is 13.5. The van der Waals surface area contributed by atoms with Crippen molar-refractivity contribution in [3.63, 3.8) is 0 Å². The number of halogens is 2. The minimum absolute atomic E-state index is 0.0917. The molecule has 0 radical (unpaired) electrons. The van der Waals surface area contributed by atoms with Crippen LogP contribution in [0.3, 0.4) is 0 Å². The predicted molar refractivity (Wildman–Crippen MR) is 159 cm³/mol. The van der Waals surface area contributed by atoms with E-state index in [2.05, 4.69) is 42.3 Å². The molecule has 0 unspecified atom stereocenters. The molecule has 1 amide bonds. The van der Waals surface area contributed by atoms with Gasteiger partial charge < -0.3 is 35.9 Å². The second-order valence-corrected chi connectivity index (χ2v) is 9.73. The number of amides is 1. The van der Waals surface area contributed by atoms with Crippen molar-refractivity contribution < 1.29 is 18.3 Å². The first-order chi connectivity index (χ1) is 19.7. The zero-order valence-corrected chi connectivity index (χ0v) is 23.2. The van der Waals surface area contributed by atoms with Crippen LogP contribution >= 0.6 is 0 Å². The highest BCUT2D eigenvalue weighted by Crippen LogP contribution is 2.40. The first-order valence-corrected chi connectivity index (χ1v) is 13.1. The van der Waals surface area contributed by atoms with E-state index in [4.69, 9.17) is 10.1 Å². The minimum Gasteiger partial charge on any atom is -0.433 e. The Balaban J connectivity index is 1.71. The summed E-state index contributed by atoms with van der Waals surface area (Å²) in [6.45, 7) is 1.83. The van der Waals surface area contributed by atoms with E-state index < -0.39 is 12.5 Å². The third-order valence-corrected chi connectivity index (χ3v) is 6.99. The second-order valence-electron chi connectivity index (χ2n) is 9.73. The average Bonchev–Trinajstić information content (AvgIpc) is 2.97. The van der Waals surface area contributed by atoms with Gasteiger partial charge in [0.15, 0.2) is 5.75 Å². The lowest BCUT2D eigenvalue weighted by Gasteiger charge is -2.37. The number of carbonyl (C=O) groups is 1. The summed E-state index contributed by atoms with van der Waals surface area (Å²) >= 11 is 0. The van der Waals surface area contributed by atoms with Crippen molar-refractivity contribution in [2.24, 2.45) is 0 Å². The fraction of sp³-hybridized carbons (Fsp3) is 0.310. The maximum absolute atomic E-state index is 13.5. The number of alkyl halides is 2. The molecule has 2 aromatic carbocycles. The van der Waals surface area contributed by atoms with Crippen LogP contribution in [-0.2, 0) is 4.79 Å². The lowest BCUT2D eigenvalue weighted by molar-refractivity contribution is -0.111. The lowest BCUT2D eigenvalue weighted by atomic mass is 10.0. The van der Waals surface area contributed by atoms with Gasteiger partial charge in [-0.15, -0.1) is 0 Å². The zero-order chi connectivity index (χ0) is 29.5. The highest BCUT2D eigenvalue weighted by atomic mass is 19.3. The highest BCUT2D eigenvalue weighted by Gasteiger charge is 2.25. The van der Waals surface area contributed by atoms with Gasteiger partial charge in [-0.2, -0.15) is 8.78 Å². The summed E-state index contributed by atoms with van der Waals surface area (Å²) in [5.74, 6) is -0.200. The molecule has 0 bridgehead atoms. The number of hydrogen-bond donors (Lipinski definition) is 4. The normalized spacial score (nSPS) is 13.7. The van der Waals surface area contributed by atoms with Gasteiger partial charge in [-0.3, -0.25) is 4.79 Å². The Morgan fingerprint density at radius 2 is 1.90 bits per heavy atom. The molecular weight excluding hydrogens is 530 g/mol. The van der Waals surface area contributed by atoms with Crippen molar-refractivity contribution in [2.75, 3.05) is 55.1 Å². The molecule has 0 atom stereocenters. The van der Waals surface area contributed by atoms with Crippen molar-refractivity contribution in [1.29, 1.82) is 5.41 Å². The fourth-order valence-electron chi connectivity index (χ4n) is 4.82. The average molecular weight is 565 g/mol. The smallest absolute Gasteiger partial charge is 0.387 e. The van der Waals surface area contributed by atoms with E-state index in [1.165, 1.54) is 18.6 Å². The Bertz CT molecular complexity index is 1410. The van der Waals surface area contributed by atoms with Crippen LogP contribution in [0.15, 0.2) is 55.4 Å². The van der Waals surface area contributed by atoms with Gasteiger partial charge in [-0.05, 0) is 51.2 Å². The highest BCUT2D eigenvalue weighted by molar-refractivity contribution is 6.02. The molecule has 216 valence electrons. The molecular formula is C29H34F2N8O2. The molecule has 1 aromatic heterocycles. The largest absolute Gasteiger partial charge is 0.433 e. The Hall–Kier alpha value is -4.58. The lowest BCUT2D eigenvalue weighted by Crippen LogP contribution is -2.42. The van der Waals surface area contributed by atoms with Crippen molar-refractivity contribution in [3.05, 3.63) is 60.9 Å². The van der Waals surface area contributed by atoms with Crippen LogP contribution in [0.4, 0.5) is 37.3 Å². The van der Waals surface area contributed by atoms with Gasteiger partial charge in [0.2, 0.25) is 5.91 Å². The summed E-state index contributed by atoms with van der Waals surface area (Å²) < 4.78 is 32.0. The first kappa shape index (κ1) is 29.4. The van der Waals surface area contributed by atoms with Crippen molar-refractivity contribution in [3.8, 4) is 17.0 Å². The molecule has 10 nitrogen and oxygen atoms in total. The monoisotopic (exact) mass is 564 g/mol. The van der Waals surface area contributed by atoms with Crippen LogP contribution < -0.4 is 25.6 Å². The van der Waals surface area contributed by atoms with Crippen molar-refractivity contribution in [2.45, 2.75) is 25.5 Å². The van der Waals surface area contributed by atoms with Gasteiger partial charge in [-0.25, -0.2) is 9.97 Å². The molecule has 4 rings (SSSR count). The van der Waals surface area contributed by atoms with Gasteiger partial charge >= 0.3 is 6.61 Å². The number of nitrogens with one attached hydrogen (secondary N) is 4. The standard InChI is InChI=1S/C29H34F2N8O2/c1-5-28(40)37-23-13-24(26(41-29(30)31)15-25(23)39-10-8-20(9-11-39)38(3)4)36-27-14-22(34-17-35-27)18-6-7-21(33-2)19(12-18)16-32/h5-7,12-17,20,29,32-33H,1,8-11H2,2-4H3,(H,37,40)(H,34,35,36). The second kappa shape index (κ2) is 13.2. The van der Waals surface area contributed by atoms with E-state index in [1.54, 1.807) is 19.2 Å². The summed E-state index contributed by atoms with van der Waals surface area (Å²) in [7, 11) is 5.85. The van der Waals surface area contributed by atoms with Gasteiger partial charge in [0.05, 0.1) is 22.8 Å². The number of carbonyl (C=O) groups excluding carboxylic acids is 1. The number of anilines is 5. The molecule has 1 saturated heterocycles. The minimum atomic E-state index is -3.07. The van der Waals surface area contributed by atoms with E-state index in [1.807, 2.05) is 32.3 Å². The van der Waals surface area contributed by atoms with Crippen LogP contribution in [0.2, 0.25) is 0 Å². The number of ether oxygens (including phenoxy) is 1. The summed E-state index contributed by atoms with van der Waals surface area (Å²) in [5.41, 5.74) is 3.97. The van der Waals surface area contributed by atoms with E-state index in [9.17, 15) is 13.6 Å². The van der Waals surface area contributed by atoms with Crippen LogP contribution in [0.25, 0.3) is 11.3 Å². The molecule has 12 heteroatoms. The SMILES string of the molecule is C=CC(=O)Nc1cc(Nc2cc(-c3ccc(NC)c(C=N)c3)ncn2)c(OC(F)F)cc1N1CCC(N(C)C)CC1. The van der Waals surface area contributed by atoms with Gasteiger partial charge in [0.25, 0.3) is 0 Å². The number of nitrogens with zero attached hydrogens (tertiary/aromatic N) is 4. The summed E-state index contributed by atoms with van der Waals surface area (Å²) in [6, 6.07) is 10.7. The van der Waals surface area contributed by atoms with Crippen LogP contribution in [-0.4, -0.2) is 73.9 Å². The predicted octanol–water partition coefficient (Wildman–Crippen LogP) is 5.18. The molecule has 0 saturated carbocycles. The van der Waals surface area contributed by atoms with Crippen LogP contribution in [0.5, 0.6) is 5.75 Å². The summed E-state index contributed by atoms with van der Waals surface area (Å²) in [4.78, 5) is 25.1. The van der Waals surface area contributed by atoms with Gasteiger partial charge in [-0.1, -0.05) is 12.6 Å². The molecule has 1 fully saturated rings. The Morgan fingerprint density at radius 1 is 1.15 bits per heavy atom. The molecule has 1 aliphatic rings. The van der Waals surface area contributed by atoms with Crippen LogP contribution in [0, 0.1) is 5.41 Å². The first-order valence-electron chi connectivity index (χ1n) is 13.1. The Kier molecular flexibility index (Phi) is 9.45. The molecule has 4 N–H and O–H groups in total. The van der Waals surface area contributed by atoms with Gasteiger partial charge in [0, 0.05) is 61.3 Å². The number of piperidine rings is 1. The number of rotatable bonds is 11. The Labute approximate surface area is 237 Å². The summed E-state index contributed by atoms with van der Waals surface area (Å²) in [6.07, 6.45) is 5.51.